The molecule has 0 unspecified atom stereocenters. The van der Waals surface area contributed by atoms with Gasteiger partial charge in [0.15, 0.2) is 0 Å². The maximum absolute atomic E-state index is 3.90. The molecule has 0 atom stereocenters. The molecule has 0 heterocycles. The van der Waals surface area contributed by atoms with Crippen LogP contribution in [0.5, 0.6) is 0 Å². The van der Waals surface area contributed by atoms with Crippen LogP contribution in [0.15, 0.2) is 36.6 Å². The summed E-state index contributed by atoms with van der Waals surface area (Å²) in [6.45, 7) is 15.1. The van der Waals surface area contributed by atoms with Gasteiger partial charge in [0.25, 0.3) is 0 Å². The van der Waals surface area contributed by atoms with Crippen LogP contribution in [-0.2, 0) is 0 Å². The molecule has 0 saturated heterocycles. The minimum absolute atomic E-state index is 0.665. The van der Waals surface area contributed by atoms with E-state index in [1.54, 1.807) is 0 Å². The first-order chi connectivity index (χ1) is 6.10. The van der Waals surface area contributed by atoms with Gasteiger partial charge in [-0.15, -0.1) is 0 Å². The lowest BCUT2D eigenvalue weighted by Crippen LogP contribution is -2.09. The third-order valence-electron chi connectivity index (χ3n) is 1.67. The average molecular weight is 179 g/mol. The fourth-order valence-corrected chi connectivity index (χ4v) is 1.17. The number of hydrogen-bond acceptors (Lipinski definition) is 1. The fourth-order valence-electron chi connectivity index (χ4n) is 1.17. The fraction of sp³-hybridized carbons (Fsp3) is 0.500. The second-order valence-electron chi connectivity index (χ2n) is 3.58. The minimum atomic E-state index is 0.665. The lowest BCUT2D eigenvalue weighted by molar-refractivity contribution is 0.649. The van der Waals surface area contributed by atoms with E-state index in [2.05, 4.69) is 45.3 Å². The topological polar surface area (TPSA) is 12.0 Å². The van der Waals surface area contributed by atoms with Gasteiger partial charge in [-0.2, -0.15) is 0 Å². The van der Waals surface area contributed by atoms with Crippen molar-refractivity contribution in [1.29, 1.82) is 0 Å². The molecule has 0 saturated carbocycles. The van der Waals surface area contributed by atoms with Gasteiger partial charge < -0.3 is 5.32 Å². The normalized spacial score (nSPS) is 11.5. The summed E-state index contributed by atoms with van der Waals surface area (Å²) >= 11 is 0. The van der Waals surface area contributed by atoms with Crippen molar-refractivity contribution in [2.45, 2.75) is 27.2 Å². The molecule has 0 aliphatic carbocycles. The zero-order valence-electron chi connectivity index (χ0n) is 9.06. The molecular formula is C12H21N. The maximum Gasteiger partial charge on any atom is 0.0269 e. The molecule has 74 valence electrons. The highest BCUT2D eigenvalue weighted by molar-refractivity contribution is 5.26. The number of hydrogen-bond donors (Lipinski definition) is 1. The van der Waals surface area contributed by atoms with Crippen LogP contribution in [0.2, 0.25) is 0 Å². The van der Waals surface area contributed by atoms with E-state index in [-0.39, 0.29) is 0 Å². The van der Waals surface area contributed by atoms with Gasteiger partial charge in [-0.25, -0.2) is 0 Å². The highest BCUT2D eigenvalue weighted by Gasteiger charge is 1.97. The van der Waals surface area contributed by atoms with Crippen molar-refractivity contribution in [3.05, 3.63) is 36.6 Å². The van der Waals surface area contributed by atoms with Crippen LogP contribution < -0.4 is 5.32 Å². The summed E-state index contributed by atoms with van der Waals surface area (Å²) in [6.07, 6.45) is 5.03. The van der Waals surface area contributed by atoms with Gasteiger partial charge in [-0.05, 0) is 30.9 Å². The lowest BCUT2D eigenvalue weighted by Gasteiger charge is -2.07. The largest absolute Gasteiger partial charge is 0.386 e. The highest BCUT2D eigenvalue weighted by atomic mass is 14.9. The van der Waals surface area contributed by atoms with Crippen LogP contribution in [0.4, 0.5) is 0 Å². The Morgan fingerprint density at radius 1 is 1.46 bits per heavy atom. The van der Waals surface area contributed by atoms with Crippen molar-refractivity contribution in [3.63, 3.8) is 0 Å². The van der Waals surface area contributed by atoms with Crippen LogP contribution in [-0.4, -0.2) is 6.54 Å². The Morgan fingerprint density at radius 3 is 2.46 bits per heavy atom. The zero-order valence-corrected chi connectivity index (χ0v) is 9.06. The molecular weight excluding hydrogens is 158 g/mol. The third kappa shape index (κ3) is 6.21. The van der Waals surface area contributed by atoms with E-state index in [4.69, 9.17) is 0 Å². The highest BCUT2D eigenvalue weighted by Crippen LogP contribution is 2.12. The van der Waals surface area contributed by atoms with Crippen LogP contribution in [0, 0.1) is 5.92 Å². The molecule has 13 heavy (non-hydrogen) atoms. The third-order valence-corrected chi connectivity index (χ3v) is 1.67. The summed E-state index contributed by atoms with van der Waals surface area (Å²) in [4.78, 5) is 0. The van der Waals surface area contributed by atoms with E-state index >= 15 is 0 Å². The van der Waals surface area contributed by atoms with E-state index < -0.39 is 0 Å². The van der Waals surface area contributed by atoms with Crippen molar-refractivity contribution < 1.29 is 0 Å². The molecule has 0 aliphatic rings. The van der Waals surface area contributed by atoms with E-state index in [0.717, 1.165) is 18.7 Å². The van der Waals surface area contributed by atoms with Crippen molar-refractivity contribution >= 4 is 0 Å². The average Bonchev–Trinajstić information content (AvgIpc) is 2.02. The summed E-state index contributed by atoms with van der Waals surface area (Å²) < 4.78 is 0. The van der Waals surface area contributed by atoms with Gasteiger partial charge in [0.1, 0.15) is 0 Å². The molecule has 0 aromatic rings. The predicted octanol–water partition coefficient (Wildman–Crippen LogP) is 3.27. The molecule has 1 heteroatoms. The first-order valence-electron chi connectivity index (χ1n) is 4.85. The summed E-state index contributed by atoms with van der Waals surface area (Å²) in [7, 11) is 0. The van der Waals surface area contributed by atoms with E-state index in [1.807, 2.05) is 6.08 Å². The van der Waals surface area contributed by atoms with Crippen molar-refractivity contribution in [1.82, 2.24) is 5.32 Å². The van der Waals surface area contributed by atoms with Gasteiger partial charge in [0.05, 0.1) is 0 Å². The van der Waals surface area contributed by atoms with Crippen LogP contribution in [0.1, 0.15) is 27.2 Å². The lowest BCUT2D eigenvalue weighted by atomic mass is 10.0. The SMILES string of the molecule is C=C/C(=C\C(=C)NCC)CC(C)C. The monoisotopic (exact) mass is 179 g/mol. The zero-order chi connectivity index (χ0) is 10.3. The Bertz CT molecular complexity index is 199. The van der Waals surface area contributed by atoms with Gasteiger partial charge in [0, 0.05) is 12.2 Å². The van der Waals surface area contributed by atoms with Crippen LogP contribution >= 0.6 is 0 Å². The number of rotatable bonds is 6. The molecule has 1 nitrogen and oxygen atoms in total. The summed E-state index contributed by atoms with van der Waals surface area (Å²) in [5.41, 5.74) is 2.22. The number of allylic oxidation sites excluding steroid dienone is 3. The van der Waals surface area contributed by atoms with E-state index in [0.29, 0.717) is 5.92 Å². The minimum Gasteiger partial charge on any atom is -0.386 e. The number of nitrogens with one attached hydrogen (secondary N) is 1. The van der Waals surface area contributed by atoms with Crippen molar-refractivity contribution in [2.24, 2.45) is 5.92 Å². The Labute approximate surface area is 82.2 Å². The van der Waals surface area contributed by atoms with Crippen LogP contribution in [0.25, 0.3) is 0 Å². The molecule has 0 rings (SSSR count). The Kier molecular flexibility index (Phi) is 6.03. The molecule has 0 aromatic heterocycles. The Morgan fingerprint density at radius 2 is 2.08 bits per heavy atom. The van der Waals surface area contributed by atoms with Gasteiger partial charge in [0.2, 0.25) is 0 Å². The van der Waals surface area contributed by atoms with Crippen molar-refractivity contribution in [2.75, 3.05) is 6.54 Å². The summed E-state index contributed by atoms with van der Waals surface area (Å²) in [5, 5.41) is 3.16. The van der Waals surface area contributed by atoms with E-state index in [1.165, 1.54) is 5.57 Å². The van der Waals surface area contributed by atoms with Gasteiger partial charge >= 0.3 is 0 Å². The molecule has 0 spiro atoms. The summed E-state index contributed by atoms with van der Waals surface area (Å²) in [5.74, 6) is 0.665. The molecule has 0 aromatic carbocycles. The van der Waals surface area contributed by atoms with Gasteiger partial charge in [-0.1, -0.05) is 33.1 Å². The summed E-state index contributed by atoms with van der Waals surface area (Å²) in [6, 6.07) is 0. The molecule has 0 fully saturated rings. The maximum atomic E-state index is 3.90. The predicted molar refractivity (Wildman–Crippen MR) is 60.6 cm³/mol. The smallest absolute Gasteiger partial charge is 0.0269 e. The second kappa shape index (κ2) is 6.53. The Balaban J connectivity index is 4.20. The first kappa shape index (κ1) is 12.0. The molecule has 0 aliphatic heterocycles. The van der Waals surface area contributed by atoms with Crippen LogP contribution in [0.3, 0.4) is 0 Å². The van der Waals surface area contributed by atoms with Crippen molar-refractivity contribution in [3.8, 4) is 0 Å². The molecule has 0 radical (unpaired) electrons. The molecule has 0 amide bonds. The molecule has 1 N–H and O–H groups in total. The Hall–Kier alpha value is -0.980. The quantitative estimate of drug-likeness (QED) is 0.617. The standard InChI is InChI=1S/C12H21N/c1-6-12(8-10(3)4)9-11(5)13-7-2/h6,9-10,13H,1,5,7-8H2,2-4H3/b12-9+. The first-order valence-corrected chi connectivity index (χ1v) is 4.85. The van der Waals surface area contributed by atoms with Gasteiger partial charge in [-0.3, -0.25) is 0 Å². The second-order valence-corrected chi connectivity index (χ2v) is 3.58. The molecule has 0 bridgehead atoms. The van der Waals surface area contributed by atoms with E-state index in [9.17, 15) is 0 Å². The number of likely N-dealkylation sites (N-methyl/N-ethyl adjacent to an activating group) is 1.